The lowest BCUT2D eigenvalue weighted by atomic mass is 10.00. The van der Waals surface area contributed by atoms with Crippen LogP contribution in [0.4, 0.5) is 8.78 Å². The number of hydrogen-bond donors (Lipinski definition) is 1. The lowest BCUT2D eigenvalue weighted by molar-refractivity contribution is 0.0935. The standard InChI is InChI=1S/C26H22F2N2O4S/c1-3-21(16-8-6-10-18(27)14-16)30-26(31)23-20-12-4-5-13-22(20)29-24(25(23)34-35(2,32)33)17-9-7-11-19(28)15-17/h4-15,21H,3H2,1-2H3,(H,30,31)/t21-/m0/s1. The summed E-state index contributed by atoms with van der Waals surface area (Å²) in [6.45, 7) is 1.83. The summed E-state index contributed by atoms with van der Waals surface area (Å²) in [5.74, 6) is -1.97. The highest BCUT2D eigenvalue weighted by Gasteiger charge is 2.27. The first kappa shape index (κ1) is 24.3. The van der Waals surface area contributed by atoms with Gasteiger partial charge in [-0.2, -0.15) is 8.42 Å². The molecular weight excluding hydrogens is 474 g/mol. The van der Waals surface area contributed by atoms with Crippen LogP contribution in [0.25, 0.3) is 22.2 Å². The zero-order chi connectivity index (χ0) is 25.2. The first-order valence-corrected chi connectivity index (χ1v) is 12.6. The minimum absolute atomic E-state index is 0.00224. The quantitative estimate of drug-likeness (QED) is 0.346. The van der Waals surface area contributed by atoms with Crippen LogP contribution in [0, 0.1) is 11.6 Å². The molecular formula is C26H22F2N2O4S. The molecule has 0 fully saturated rings. The number of nitrogens with zero attached hydrogens (tertiary/aromatic N) is 1. The molecule has 1 aromatic heterocycles. The molecule has 0 aliphatic rings. The Morgan fingerprint density at radius 3 is 2.34 bits per heavy atom. The van der Waals surface area contributed by atoms with Crippen molar-refractivity contribution in [3.05, 3.63) is 95.6 Å². The van der Waals surface area contributed by atoms with Gasteiger partial charge in [0.2, 0.25) is 0 Å². The lowest BCUT2D eigenvalue weighted by Gasteiger charge is -2.21. The summed E-state index contributed by atoms with van der Waals surface area (Å²) < 4.78 is 57.6. The first-order valence-electron chi connectivity index (χ1n) is 10.8. The van der Waals surface area contributed by atoms with Crippen LogP contribution in [-0.2, 0) is 10.1 Å². The minimum atomic E-state index is -4.10. The Bertz CT molecular complexity index is 1520. The van der Waals surface area contributed by atoms with Crippen molar-refractivity contribution in [1.82, 2.24) is 10.3 Å². The fraction of sp³-hybridized carbons (Fsp3) is 0.154. The van der Waals surface area contributed by atoms with E-state index < -0.39 is 33.7 Å². The molecule has 0 bridgehead atoms. The minimum Gasteiger partial charge on any atom is -0.379 e. The molecule has 4 rings (SSSR count). The second-order valence-corrected chi connectivity index (χ2v) is 9.54. The van der Waals surface area contributed by atoms with Gasteiger partial charge in [-0.15, -0.1) is 0 Å². The molecule has 3 aromatic carbocycles. The molecule has 4 aromatic rings. The van der Waals surface area contributed by atoms with Gasteiger partial charge < -0.3 is 9.50 Å². The zero-order valence-corrected chi connectivity index (χ0v) is 19.8. The van der Waals surface area contributed by atoms with E-state index in [0.717, 1.165) is 6.26 Å². The first-order chi connectivity index (χ1) is 16.7. The molecule has 1 atom stereocenters. The second-order valence-electron chi connectivity index (χ2n) is 7.97. The van der Waals surface area contributed by atoms with Gasteiger partial charge >= 0.3 is 10.1 Å². The van der Waals surface area contributed by atoms with E-state index in [2.05, 4.69) is 10.3 Å². The van der Waals surface area contributed by atoms with Crippen molar-refractivity contribution in [2.75, 3.05) is 6.26 Å². The molecule has 180 valence electrons. The highest BCUT2D eigenvalue weighted by molar-refractivity contribution is 7.86. The molecule has 0 aliphatic carbocycles. The van der Waals surface area contributed by atoms with Crippen molar-refractivity contribution in [1.29, 1.82) is 0 Å². The smallest absolute Gasteiger partial charge is 0.306 e. The van der Waals surface area contributed by atoms with Gasteiger partial charge in [-0.3, -0.25) is 4.79 Å². The maximum Gasteiger partial charge on any atom is 0.306 e. The molecule has 0 unspecified atom stereocenters. The van der Waals surface area contributed by atoms with Gasteiger partial charge in [0.25, 0.3) is 5.91 Å². The Morgan fingerprint density at radius 2 is 1.69 bits per heavy atom. The molecule has 0 saturated carbocycles. The summed E-state index contributed by atoms with van der Waals surface area (Å²) in [5.41, 5.74) is 1.10. The Hall–Kier alpha value is -3.85. The summed E-state index contributed by atoms with van der Waals surface area (Å²) in [6, 6.07) is 17.4. The molecule has 6 nitrogen and oxygen atoms in total. The SMILES string of the molecule is CC[C@H](NC(=O)c1c(OS(C)(=O)=O)c(-c2cccc(F)c2)nc2ccccc12)c1cccc(F)c1. The number of carbonyl (C=O) groups excluding carboxylic acids is 1. The molecule has 1 amide bonds. The Kier molecular flexibility index (Phi) is 6.79. The Labute approximate surface area is 201 Å². The summed E-state index contributed by atoms with van der Waals surface area (Å²) in [7, 11) is -4.10. The van der Waals surface area contributed by atoms with Crippen molar-refractivity contribution in [3.8, 4) is 17.0 Å². The molecule has 0 saturated heterocycles. The fourth-order valence-corrected chi connectivity index (χ4v) is 4.32. The van der Waals surface area contributed by atoms with Crippen molar-refractivity contribution in [2.24, 2.45) is 0 Å². The number of carbonyl (C=O) groups is 1. The number of halogens is 2. The van der Waals surface area contributed by atoms with E-state index in [1.165, 1.54) is 30.3 Å². The van der Waals surface area contributed by atoms with Crippen LogP contribution in [0.15, 0.2) is 72.8 Å². The molecule has 0 aliphatic heterocycles. The van der Waals surface area contributed by atoms with Crippen molar-refractivity contribution in [2.45, 2.75) is 19.4 Å². The molecule has 0 spiro atoms. The van der Waals surface area contributed by atoms with Crippen LogP contribution >= 0.6 is 0 Å². The molecule has 1 N–H and O–H groups in total. The average molecular weight is 497 g/mol. The highest BCUT2D eigenvalue weighted by atomic mass is 32.2. The van der Waals surface area contributed by atoms with Gasteiger partial charge in [-0.25, -0.2) is 13.8 Å². The molecule has 35 heavy (non-hydrogen) atoms. The van der Waals surface area contributed by atoms with E-state index in [4.69, 9.17) is 4.18 Å². The van der Waals surface area contributed by atoms with Gasteiger partial charge in [0, 0.05) is 10.9 Å². The van der Waals surface area contributed by atoms with Crippen LogP contribution in [-0.4, -0.2) is 25.6 Å². The third kappa shape index (κ3) is 5.46. The van der Waals surface area contributed by atoms with Crippen LogP contribution in [0.2, 0.25) is 0 Å². The van der Waals surface area contributed by atoms with E-state index in [0.29, 0.717) is 22.9 Å². The maximum absolute atomic E-state index is 14.0. The van der Waals surface area contributed by atoms with E-state index in [1.807, 2.05) is 6.92 Å². The van der Waals surface area contributed by atoms with Crippen LogP contribution in [0.5, 0.6) is 5.75 Å². The number of rotatable bonds is 7. The van der Waals surface area contributed by atoms with E-state index in [-0.39, 0.29) is 22.6 Å². The molecule has 1 heterocycles. The van der Waals surface area contributed by atoms with Crippen LogP contribution in [0.1, 0.15) is 35.3 Å². The monoisotopic (exact) mass is 496 g/mol. The highest BCUT2D eigenvalue weighted by Crippen LogP contribution is 2.38. The zero-order valence-electron chi connectivity index (χ0n) is 19.0. The summed E-state index contributed by atoms with van der Waals surface area (Å²) in [5, 5.41) is 3.20. The number of hydrogen-bond acceptors (Lipinski definition) is 5. The Morgan fingerprint density at radius 1 is 1.00 bits per heavy atom. The van der Waals surface area contributed by atoms with Gasteiger partial charge in [0.15, 0.2) is 5.75 Å². The topological polar surface area (TPSA) is 85.4 Å². The van der Waals surface area contributed by atoms with Crippen LogP contribution in [0.3, 0.4) is 0 Å². The number of nitrogens with one attached hydrogen (secondary N) is 1. The number of benzene rings is 3. The summed E-state index contributed by atoms with van der Waals surface area (Å²) in [4.78, 5) is 18.2. The summed E-state index contributed by atoms with van der Waals surface area (Å²) in [6.07, 6.45) is 1.29. The summed E-state index contributed by atoms with van der Waals surface area (Å²) >= 11 is 0. The van der Waals surface area contributed by atoms with Gasteiger partial charge in [0.1, 0.15) is 17.3 Å². The number of pyridine rings is 1. The number of para-hydroxylation sites is 1. The van der Waals surface area contributed by atoms with E-state index >= 15 is 0 Å². The predicted octanol–water partition coefficient (Wildman–Crippen LogP) is 5.40. The van der Waals surface area contributed by atoms with Crippen LogP contribution < -0.4 is 9.50 Å². The predicted molar refractivity (Wildman–Crippen MR) is 130 cm³/mol. The van der Waals surface area contributed by atoms with Gasteiger partial charge in [-0.05, 0) is 42.3 Å². The fourth-order valence-electron chi connectivity index (χ4n) is 3.86. The average Bonchev–Trinajstić information content (AvgIpc) is 2.81. The molecule has 0 radical (unpaired) electrons. The number of amides is 1. The van der Waals surface area contributed by atoms with Crippen molar-refractivity contribution >= 4 is 26.9 Å². The third-order valence-corrected chi connectivity index (χ3v) is 5.84. The third-order valence-electron chi connectivity index (χ3n) is 5.37. The maximum atomic E-state index is 14.0. The van der Waals surface area contributed by atoms with Crippen molar-refractivity contribution in [3.63, 3.8) is 0 Å². The number of aromatic nitrogens is 1. The largest absolute Gasteiger partial charge is 0.379 e. The second kappa shape index (κ2) is 9.79. The Balaban J connectivity index is 1.94. The molecule has 9 heteroatoms. The lowest BCUT2D eigenvalue weighted by Crippen LogP contribution is -2.29. The van der Waals surface area contributed by atoms with E-state index in [1.54, 1.807) is 42.5 Å². The van der Waals surface area contributed by atoms with E-state index in [9.17, 15) is 22.0 Å². The normalized spacial score (nSPS) is 12.3. The van der Waals surface area contributed by atoms with Gasteiger partial charge in [-0.1, -0.05) is 49.4 Å². The van der Waals surface area contributed by atoms with Crippen molar-refractivity contribution < 1.29 is 26.2 Å². The van der Waals surface area contributed by atoms with Gasteiger partial charge in [0.05, 0.1) is 23.4 Å². The number of fused-ring (bicyclic) bond motifs is 1.